The van der Waals surface area contributed by atoms with Crippen LogP contribution in [0.15, 0.2) is 78.5 Å². The molecule has 1 aliphatic heterocycles. The number of urea groups is 1. The summed E-state index contributed by atoms with van der Waals surface area (Å²) in [6, 6.07) is 19.3. The van der Waals surface area contributed by atoms with Crippen molar-refractivity contribution in [3.05, 3.63) is 100 Å². The molecule has 5 rings (SSSR count). The van der Waals surface area contributed by atoms with Crippen molar-refractivity contribution >= 4 is 52.1 Å². The van der Waals surface area contributed by atoms with Gasteiger partial charge in [-0.15, -0.1) is 0 Å². The van der Waals surface area contributed by atoms with Crippen LogP contribution in [0.2, 0.25) is 5.02 Å². The summed E-state index contributed by atoms with van der Waals surface area (Å²) in [5.74, 6) is -0.600. The minimum absolute atomic E-state index is 0.135. The van der Waals surface area contributed by atoms with Crippen molar-refractivity contribution in [3.8, 4) is 5.75 Å². The first-order valence-electron chi connectivity index (χ1n) is 11.8. The molecule has 1 N–H and O–H groups in total. The van der Waals surface area contributed by atoms with E-state index in [2.05, 4.69) is 5.32 Å². The molecule has 0 spiro atoms. The number of benzene rings is 3. The zero-order chi connectivity index (χ0) is 26.1. The Morgan fingerprint density at radius 2 is 1.73 bits per heavy atom. The third-order valence-electron chi connectivity index (χ3n) is 6.24. The number of rotatable bonds is 6. The maximum atomic E-state index is 13.3. The van der Waals surface area contributed by atoms with Crippen molar-refractivity contribution in [1.82, 2.24) is 9.88 Å². The number of hydrogen-bond donors (Lipinski definition) is 1. The van der Waals surface area contributed by atoms with Crippen molar-refractivity contribution in [1.29, 1.82) is 0 Å². The van der Waals surface area contributed by atoms with Crippen molar-refractivity contribution in [2.24, 2.45) is 0 Å². The quantitative estimate of drug-likeness (QED) is 0.266. The molecule has 4 aromatic rings. The van der Waals surface area contributed by atoms with Crippen LogP contribution in [0.4, 0.5) is 10.5 Å². The maximum Gasteiger partial charge on any atom is 0.335 e. The standard InChI is InChI=1S/C29H24ClN3O4/c1-18-7-8-19(2)26(15-18)37-14-13-32-17-20(23-5-3-4-6-25(23)32)16-24-27(34)31-29(36)33(28(24)35)22-11-9-21(30)10-12-22/h3-12,15-17H,13-14H2,1-2H3,(H,31,34,36)/b24-16-. The first kappa shape index (κ1) is 24.3. The molecule has 1 fully saturated rings. The molecule has 0 aliphatic carbocycles. The normalized spacial score (nSPS) is 14.9. The number of anilines is 1. The van der Waals surface area contributed by atoms with Gasteiger partial charge in [0, 0.05) is 27.7 Å². The lowest BCUT2D eigenvalue weighted by Gasteiger charge is -2.26. The number of imide groups is 2. The van der Waals surface area contributed by atoms with Crippen molar-refractivity contribution < 1.29 is 19.1 Å². The number of para-hydroxylation sites is 1. The summed E-state index contributed by atoms with van der Waals surface area (Å²) in [5, 5.41) is 3.60. The minimum atomic E-state index is -0.805. The van der Waals surface area contributed by atoms with Gasteiger partial charge in [-0.2, -0.15) is 0 Å². The van der Waals surface area contributed by atoms with E-state index in [1.165, 1.54) is 6.08 Å². The second kappa shape index (κ2) is 9.95. The van der Waals surface area contributed by atoms with Crippen molar-refractivity contribution in [3.63, 3.8) is 0 Å². The average molecular weight is 514 g/mol. The van der Waals surface area contributed by atoms with Crippen molar-refractivity contribution in [2.45, 2.75) is 20.4 Å². The number of amides is 4. The highest BCUT2D eigenvalue weighted by atomic mass is 35.5. The number of aryl methyl sites for hydroxylation is 2. The van der Waals surface area contributed by atoms with E-state index in [1.54, 1.807) is 24.3 Å². The summed E-state index contributed by atoms with van der Waals surface area (Å²) in [5.41, 5.74) is 4.00. The Morgan fingerprint density at radius 1 is 0.973 bits per heavy atom. The van der Waals surface area contributed by atoms with Gasteiger partial charge in [0.05, 0.1) is 12.2 Å². The number of carbonyl (C=O) groups excluding carboxylic acids is 3. The fourth-order valence-electron chi connectivity index (χ4n) is 4.33. The van der Waals surface area contributed by atoms with Crippen LogP contribution in [0, 0.1) is 13.8 Å². The molecule has 0 bridgehead atoms. The lowest BCUT2D eigenvalue weighted by atomic mass is 10.1. The van der Waals surface area contributed by atoms with E-state index in [0.29, 0.717) is 29.4 Å². The third-order valence-corrected chi connectivity index (χ3v) is 6.49. The molecule has 4 amide bonds. The van der Waals surface area contributed by atoms with Crippen LogP contribution in [0.5, 0.6) is 5.75 Å². The number of carbonyl (C=O) groups is 3. The Kier molecular flexibility index (Phi) is 6.54. The molecular formula is C29H24ClN3O4. The minimum Gasteiger partial charge on any atom is -0.491 e. The van der Waals surface area contributed by atoms with Crippen LogP contribution in [0.1, 0.15) is 16.7 Å². The smallest absolute Gasteiger partial charge is 0.335 e. The molecule has 7 nitrogen and oxygen atoms in total. The molecule has 0 atom stereocenters. The van der Waals surface area contributed by atoms with Crippen LogP contribution in [0.25, 0.3) is 17.0 Å². The van der Waals surface area contributed by atoms with Gasteiger partial charge in [-0.1, -0.05) is 41.9 Å². The fourth-order valence-corrected chi connectivity index (χ4v) is 4.46. The lowest BCUT2D eigenvalue weighted by Crippen LogP contribution is -2.54. The molecule has 3 aromatic carbocycles. The molecule has 37 heavy (non-hydrogen) atoms. The lowest BCUT2D eigenvalue weighted by molar-refractivity contribution is -0.122. The SMILES string of the molecule is Cc1ccc(C)c(OCCn2cc(/C=C3/C(=O)NC(=O)N(c4ccc(Cl)cc4)C3=O)c3ccccc32)c1. The summed E-state index contributed by atoms with van der Waals surface area (Å²) < 4.78 is 8.07. The number of ether oxygens (including phenoxy) is 1. The summed E-state index contributed by atoms with van der Waals surface area (Å²) in [7, 11) is 0. The number of nitrogens with one attached hydrogen (secondary N) is 1. The molecule has 1 aliphatic rings. The summed E-state index contributed by atoms with van der Waals surface area (Å²) in [6.07, 6.45) is 3.41. The molecule has 0 saturated carbocycles. The molecule has 1 aromatic heterocycles. The zero-order valence-electron chi connectivity index (χ0n) is 20.3. The third kappa shape index (κ3) is 4.86. The predicted octanol–water partition coefficient (Wildman–Crippen LogP) is 5.66. The van der Waals surface area contributed by atoms with Crippen LogP contribution in [-0.2, 0) is 16.1 Å². The molecule has 0 unspecified atom stereocenters. The predicted molar refractivity (Wildman–Crippen MR) is 144 cm³/mol. The first-order valence-corrected chi connectivity index (χ1v) is 12.1. The second-order valence-electron chi connectivity index (χ2n) is 8.85. The Balaban J connectivity index is 1.45. The van der Waals surface area contributed by atoms with Crippen LogP contribution >= 0.6 is 11.6 Å². The topological polar surface area (TPSA) is 80.6 Å². The van der Waals surface area contributed by atoms with E-state index >= 15 is 0 Å². The van der Waals surface area contributed by atoms with E-state index in [0.717, 1.165) is 32.7 Å². The highest BCUT2D eigenvalue weighted by Gasteiger charge is 2.37. The van der Waals surface area contributed by atoms with Crippen LogP contribution < -0.4 is 15.0 Å². The number of barbiturate groups is 1. The highest BCUT2D eigenvalue weighted by molar-refractivity contribution is 6.39. The Hall–Kier alpha value is -4.36. The van der Waals surface area contributed by atoms with Gasteiger partial charge in [-0.05, 0) is 67.4 Å². The Morgan fingerprint density at radius 3 is 2.51 bits per heavy atom. The van der Waals surface area contributed by atoms with Crippen LogP contribution in [-0.4, -0.2) is 29.0 Å². The van der Waals surface area contributed by atoms with Gasteiger partial charge in [0.25, 0.3) is 11.8 Å². The summed E-state index contributed by atoms with van der Waals surface area (Å²) >= 11 is 5.95. The van der Waals surface area contributed by atoms with Crippen molar-refractivity contribution in [2.75, 3.05) is 11.5 Å². The average Bonchev–Trinajstić information content (AvgIpc) is 3.22. The monoisotopic (exact) mass is 513 g/mol. The van der Waals surface area contributed by atoms with Gasteiger partial charge in [0.1, 0.15) is 17.9 Å². The van der Waals surface area contributed by atoms with Gasteiger partial charge >= 0.3 is 6.03 Å². The number of fused-ring (bicyclic) bond motifs is 1. The van der Waals surface area contributed by atoms with Gasteiger partial charge in [-0.3, -0.25) is 14.9 Å². The second-order valence-corrected chi connectivity index (χ2v) is 9.28. The van der Waals surface area contributed by atoms with E-state index in [-0.39, 0.29) is 5.57 Å². The summed E-state index contributed by atoms with van der Waals surface area (Å²) in [6.45, 7) is 5.04. The number of aromatic nitrogens is 1. The van der Waals surface area contributed by atoms with Gasteiger partial charge in [0.15, 0.2) is 0 Å². The molecule has 2 heterocycles. The fraction of sp³-hybridized carbons (Fsp3) is 0.138. The number of nitrogens with zero attached hydrogens (tertiary/aromatic N) is 2. The van der Waals surface area contributed by atoms with E-state index in [9.17, 15) is 14.4 Å². The first-order chi connectivity index (χ1) is 17.8. The molecule has 8 heteroatoms. The Labute approximate surface area is 218 Å². The Bertz CT molecular complexity index is 1570. The van der Waals surface area contributed by atoms with Crippen LogP contribution in [0.3, 0.4) is 0 Å². The summed E-state index contributed by atoms with van der Waals surface area (Å²) in [4.78, 5) is 39.4. The highest BCUT2D eigenvalue weighted by Crippen LogP contribution is 2.27. The number of hydrogen-bond acceptors (Lipinski definition) is 4. The van der Waals surface area contributed by atoms with E-state index in [1.807, 2.05) is 67.1 Å². The maximum absolute atomic E-state index is 13.3. The van der Waals surface area contributed by atoms with E-state index < -0.39 is 17.8 Å². The van der Waals surface area contributed by atoms with E-state index in [4.69, 9.17) is 16.3 Å². The number of halogens is 1. The van der Waals surface area contributed by atoms with Gasteiger partial charge in [0.2, 0.25) is 0 Å². The largest absolute Gasteiger partial charge is 0.491 e. The van der Waals surface area contributed by atoms with Gasteiger partial charge < -0.3 is 9.30 Å². The molecule has 186 valence electrons. The zero-order valence-corrected chi connectivity index (χ0v) is 21.1. The molecule has 1 saturated heterocycles. The molecule has 0 radical (unpaired) electrons. The van der Waals surface area contributed by atoms with Gasteiger partial charge in [-0.25, -0.2) is 9.69 Å². The molecular weight excluding hydrogens is 490 g/mol.